The molecule has 1 heterocycles. The monoisotopic (exact) mass is 410 g/mol. The number of nitro benzene ring substituents is 1. The number of non-ortho nitro benzene ring substituents is 1. The zero-order valence-electron chi connectivity index (χ0n) is 17.0. The lowest BCUT2D eigenvalue weighted by molar-refractivity contribution is -0.384. The maximum Gasteiger partial charge on any atom is 0.269 e. The lowest BCUT2D eigenvalue weighted by Crippen LogP contribution is -2.05. The van der Waals surface area contributed by atoms with Crippen molar-refractivity contribution in [1.29, 1.82) is 5.26 Å². The summed E-state index contributed by atoms with van der Waals surface area (Å²) in [6, 6.07) is 21.5. The highest BCUT2D eigenvalue weighted by molar-refractivity contribution is 6.05. The summed E-state index contributed by atoms with van der Waals surface area (Å²) in [6.07, 6.45) is 1.84. The van der Waals surface area contributed by atoms with Gasteiger partial charge in [0.15, 0.2) is 0 Å². The number of methoxy groups -OCH3 is 1. The molecule has 0 amide bonds. The van der Waals surface area contributed by atoms with Crippen LogP contribution in [0, 0.1) is 28.4 Å². The molecule has 0 spiro atoms. The van der Waals surface area contributed by atoms with Crippen LogP contribution in [0.5, 0.6) is 11.5 Å². The Balaban J connectivity index is 1.90. The van der Waals surface area contributed by atoms with E-state index in [0.29, 0.717) is 28.2 Å². The van der Waals surface area contributed by atoms with Gasteiger partial charge in [-0.05, 0) is 67.1 Å². The van der Waals surface area contributed by atoms with Gasteiger partial charge < -0.3 is 9.47 Å². The molecular formula is C25H18N2O4. The van der Waals surface area contributed by atoms with Gasteiger partial charge >= 0.3 is 0 Å². The van der Waals surface area contributed by atoms with Crippen molar-refractivity contribution >= 4 is 22.6 Å². The molecule has 0 saturated carbocycles. The molecule has 0 aromatic heterocycles. The Morgan fingerprint density at radius 2 is 1.77 bits per heavy atom. The van der Waals surface area contributed by atoms with Gasteiger partial charge in [0.05, 0.1) is 17.6 Å². The van der Waals surface area contributed by atoms with Gasteiger partial charge in [-0.25, -0.2) is 0 Å². The minimum absolute atomic E-state index is 0.0243. The molecule has 1 aliphatic rings. The zero-order valence-corrected chi connectivity index (χ0v) is 17.0. The molecular weight excluding hydrogens is 392 g/mol. The molecule has 152 valence electrons. The van der Waals surface area contributed by atoms with Crippen molar-refractivity contribution in [3.63, 3.8) is 0 Å². The van der Waals surface area contributed by atoms with Crippen LogP contribution in [0.25, 0.3) is 16.9 Å². The SMILES string of the molecule is COc1ccc(C2=C/C(=C(\C#N)c3ccc([N+](=O)[O-])cc3)c3cc(C)ccc3O2)cc1. The first-order chi connectivity index (χ1) is 15.0. The molecule has 0 saturated heterocycles. The van der Waals surface area contributed by atoms with Crippen molar-refractivity contribution in [2.45, 2.75) is 6.92 Å². The van der Waals surface area contributed by atoms with E-state index in [1.54, 1.807) is 19.2 Å². The van der Waals surface area contributed by atoms with Crippen molar-refractivity contribution in [2.24, 2.45) is 0 Å². The third-order valence-electron chi connectivity index (χ3n) is 5.04. The van der Waals surface area contributed by atoms with E-state index in [2.05, 4.69) is 6.07 Å². The summed E-state index contributed by atoms with van der Waals surface area (Å²) < 4.78 is 11.4. The molecule has 0 bridgehead atoms. The predicted molar refractivity (Wildman–Crippen MR) is 118 cm³/mol. The highest BCUT2D eigenvalue weighted by Gasteiger charge is 2.22. The van der Waals surface area contributed by atoms with Gasteiger partial charge in [-0.15, -0.1) is 0 Å². The van der Waals surface area contributed by atoms with Crippen LogP contribution in [0.1, 0.15) is 22.3 Å². The summed E-state index contributed by atoms with van der Waals surface area (Å²) in [5.41, 5.74) is 4.36. The minimum Gasteiger partial charge on any atom is -0.497 e. The fourth-order valence-corrected chi connectivity index (χ4v) is 3.43. The number of nitro groups is 1. The van der Waals surface area contributed by atoms with Gasteiger partial charge in [0.1, 0.15) is 23.3 Å². The van der Waals surface area contributed by atoms with Gasteiger partial charge in [0.2, 0.25) is 0 Å². The van der Waals surface area contributed by atoms with E-state index in [9.17, 15) is 15.4 Å². The van der Waals surface area contributed by atoms with E-state index in [-0.39, 0.29) is 5.69 Å². The highest BCUT2D eigenvalue weighted by Crippen LogP contribution is 2.41. The molecule has 0 aliphatic carbocycles. The number of nitrogens with zero attached hydrogens (tertiary/aromatic N) is 2. The normalized spacial score (nSPS) is 13.9. The third kappa shape index (κ3) is 3.89. The molecule has 0 atom stereocenters. The summed E-state index contributed by atoms with van der Waals surface area (Å²) in [5.74, 6) is 1.97. The zero-order chi connectivity index (χ0) is 22.0. The Hall–Kier alpha value is -4.37. The summed E-state index contributed by atoms with van der Waals surface area (Å²) in [4.78, 5) is 10.5. The summed E-state index contributed by atoms with van der Waals surface area (Å²) in [5, 5.41) is 21.0. The van der Waals surface area contributed by atoms with Crippen molar-refractivity contribution in [2.75, 3.05) is 7.11 Å². The third-order valence-corrected chi connectivity index (χ3v) is 5.04. The topological polar surface area (TPSA) is 85.4 Å². The molecule has 0 N–H and O–H groups in total. The minimum atomic E-state index is -0.461. The Bertz CT molecular complexity index is 1260. The molecule has 6 nitrogen and oxygen atoms in total. The number of allylic oxidation sites excluding steroid dienone is 3. The second kappa shape index (κ2) is 8.17. The van der Waals surface area contributed by atoms with Crippen molar-refractivity contribution in [3.05, 3.63) is 105 Å². The largest absolute Gasteiger partial charge is 0.497 e. The van der Waals surface area contributed by atoms with Crippen LogP contribution < -0.4 is 9.47 Å². The number of aryl methyl sites for hydroxylation is 1. The van der Waals surface area contributed by atoms with Crippen LogP contribution in [0.3, 0.4) is 0 Å². The van der Waals surface area contributed by atoms with Gasteiger partial charge in [-0.1, -0.05) is 11.6 Å². The Labute approximate surface area is 179 Å². The van der Waals surface area contributed by atoms with Crippen molar-refractivity contribution in [3.8, 4) is 17.6 Å². The maximum atomic E-state index is 11.0. The maximum absolute atomic E-state index is 11.0. The number of ether oxygens (including phenoxy) is 2. The quantitative estimate of drug-likeness (QED) is 0.309. The van der Waals surface area contributed by atoms with Crippen molar-refractivity contribution in [1.82, 2.24) is 0 Å². The number of benzene rings is 3. The van der Waals surface area contributed by atoms with E-state index in [0.717, 1.165) is 22.4 Å². The van der Waals surface area contributed by atoms with Crippen LogP contribution in [0.15, 0.2) is 72.8 Å². The Morgan fingerprint density at radius 3 is 2.39 bits per heavy atom. The second-order valence-electron chi connectivity index (χ2n) is 7.04. The van der Waals surface area contributed by atoms with E-state index in [4.69, 9.17) is 9.47 Å². The van der Waals surface area contributed by atoms with Crippen LogP contribution in [0.2, 0.25) is 0 Å². The van der Waals surface area contributed by atoms with Gasteiger partial charge in [0.25, 0.3) is 5.69 Å². The molecule has 1 aliphatic heterocycles. The number of rotatable bonds is 4. The summed E-state index contributed by atoms with van der Waals surface area (Å²) in [7, 11) is 1.61. The van der Waals surface area contributed by atoms with Crippen LogP contribution in [-0.4, -0.2) is 12.0 Å². The van der Waals surface area contributed by atoms with Crippen molar-refractivity contribution < 1.29 is 14.4 Å². The molecule has 0 fully saturated rings. The lowest BCUT2D eigenvalue weighted by Gasteiger charge is -2.22. The van der Waals surface area contributed by atoms with Gasteiger partial charge in [-0.3, -0.25) is 10.1 Å². The average Bonchev–Trinajstić information content (AvgIpc) is 2.80. The average molecular weight is 410 g/mol. The first-order valence-electron chi connectivity index (χ1n) is 9.54. The molecule has 6 heteroatoms. The summed E-state index contributed by atoms with van der Waals surface area (Å²) >= 11 is 0. The highest BCUT2D eigenvalue weighted by atomic mass is 16.6. The number of nitriles is 1. The number of fused-ring (bicyclic) bond motifs is 1. The predicted octanol–water partition coefficient (Wildman–Crippen LogP) is 5.78. The van der Waals surface area contributed by atoms with Crippen LogP contribution in [0.4, 0.5) is 5.69 Å². The molecule has 3 aromatic carbocycles. The van der Waals surface area contributed by atoms with E-state index < -0.39 is 4.92 Å². The van der Waals surface area contributed by atoms with Gasteiger partial charge in [-0.2, -0.15) is 5.26 Å². The first kappa shape index (κ1) is 19.9. The number of hydrogen-bond acceptors (Lipinski definition) is 5. The molecule has 0 radical (unpaired) electrons. The standard InChI is InChI=1S/C25H18N2O4/c1-16-3-12-24-22(13-16)21(14-25(31-24)18-6-10-20(30-2)11-7-18)23(15-26)17-4-8-19(9-5-17)27(28)29/h3-14H,1-2H3/b23-21-. The molecule has 31 heavy (non-hydrogen) atoms. The summed E-state index contributed by atoms with van der Waals surface area (Å²) in [6.45, 7) is 1.97. The van der Waals surface area contributed by atoms with Crippen LogP contribution in [-0.2, 0) is 0 Å². The molecule has 4 rings (SSSR count). The van der Waals surface area contributed by atoms with Crippen LogP contribution >= 0.6 is 0 Å². The fourth-order valence-electron chi connectivity index (χ4n) is 3.43. The van der Waals surface area contributed by atoms with E-state index in [1.807, 2.05) is 55.5 Å². The first-order valence-corrected chi connectivity index (χ1v) is 9.54. The Kier molecular flexibility index (Phi) is 5.25. The van der Waals surface area contributed by atoms with E-state index in [1.165, 1.54) is 12.1 Å². The lowest BCUT2D eigenvalue weighted by atomic mass is 9.91. The fraction of sp³-hybridized carbons (Fsp3) is 0.0800. The molecule has 3 aromatic rings. The van der Waals surface area contributed by atoms with E-state index >= 15 is 0 Å². The second-order valence-corrected chi connectivity index (χ2v) is 7.04. The molecule has 0 unspecified atom stereocenters. The smallest absolute Gasteiger partial charge is 0.269 e. The van der Waals surface area contributed by atoms with Gasteiger partial charge in [0, 0.05) is 28.8 Å². The Morgan fingerprint density at radius 1 is 1.06 bits per heavy atom. The number of hydrogen-bond donors (Lipinski definition) is 0.